The maximum atomic E-state index is 12.4. The molecule has 3 N–H and O–H groups in total. The third-order valence-electron chi connectivity index (χ3n) is 5.63. The molecule has 1 aromatic carbocycles. The molecule has 2 saturated carbocycles. The second kappa shape index (κ2) is 12.4. The number of hydrogen-bond acceptors (Lipinski definition) is 3. The Hall–Kier alpha value is -1.51. The highest BCUT2D eigenvalue weighted by atomic mass is 127. The molecule has 0 saturated heterocycles. The normalized spacial score (nSPS) is 21.5. The van der Waals surface area contributed by atoms with E-state index < -0.39 is 0 Å². The van der Waals surface area contributed by atoms with Crippen LogP contribution in [0.2, 0.25) is 0 Å². The standard InChI is InChI=1S/C23H36N4O2.HI/c1-16(2)26-22(28)18-8-6-9-20(13-18)27-23(24-3)25-14-19-7-4-5-10-21(19)29-15-17-11-12-17;/h4-5,7,10,16-18,20H,6,8-9,11-15H2,1-3H3,(H,26,28)(H2,24,25,27);1H. The van der Waals surface area contributed by atoms with Crippen molar-refractivity contribution in [2.24, 2.45) is 16.8 Å². The third kappa shape index (κ3) is 7.96. The number of guanidine groups is 1. The lowest BCUT2D eigenvalue weighted by atomic mass is 9.85. The van der Waals surface area contributed by atoms with E-state index in [1.165, 1.54) is 12.8 Å². The van der Waals surface area contributed by atoms with Gasteiger partial charge in [0.05, 0.1) is 6.61 Å². The van der Waals surface area contributed by atoms with Crippen molar-refractivity contribution in [3.8, 4) is 5.75 Å². The Labute approximate surface area is 198 Å². The summed E-state index contributed by atoms with van der Waals surface area (Å²) in [7, 11) is 1.79. The van der Waals surface area contributed by atoms with Crippen LogP contribution in [0.4, 0.5) is 0 Å². The topological polar surface area (TPSA) is 74.8 Å². The smallest absolute Gasteiger partial charge is 0.223 e. The van der Waals surface area contributed by atoms with Gasteiger partial charge in [-0.15, -0.1) is 24.0 Å². The Morgan fingerprint density at radius 3 is 2.67 bits per heavy atom. The SMILES string of the molecule is CN=C(NCc1ccccc1OCC1CC1)NC1CCCC(C(=O)NC(C)C)C1.I. The highest BCUT2D eigenvalue weighted by Gasteiger charge is 2.28. The highest BCUT2D eigenvalue weighted by Crippen LogP contribution is 2.30. The fourth-order valence-corrected chi connectivity index (χ4v) is 3.81. The van der Waals surface area contributed by atoms with Gasteiger partial charge in [0.2, 0.25) is 5.91 Å². The largest absolute Gasteiger partial charge is 0.493 e. The van der Waals surface area contributed by atoms with Gasteiger partial charge in [-0.25, -0.2) is 0 Å². The third-order valence-corrected chi connectivity index (χ3v) is 5.63. The molecule has 0 radical (unpaired) electrons. The van der Waals surface area contributed by atoms with Crippen molar-refractivity contribution in [2.45, 2.75) is 71.0 Å². The summed E-state index contributed by atoms with van der Waals surface area (Å²) in [6, 6.07) is 8.63. The number of ether oxygens (including phenoxy) is 1. The first kappa shape index (κ1) is 24.8. The van der Waals surface area contributed by atoms with E-state index in [9.17, 15) is 4.79 Å². The molecule has 2 unspecified atom stereocenters. The number of halogens is 1. The Morgan fingerprint density at radius 1 is 1.20 bits per heavy atom. The maximum absolute atomic E-state index is 12.4. The summed E-state index contributed by atoms with van der Waals surface area (Å²) in [5.74, 6) is 2.72. The van der Waals surface area contributed by atoms with Crippen molar-refractivity contribution in [1.29, 1.82) is 0 Å². The molecule has 1 aromatic rings. The first-order valence-corrected chi connectivity index (χ1v) is 11.0. The van der Waals surface area contributed by atoms with Crippen LogP contribution in [-0.2, 0) is 11.3 Å². The predicted molar refractivity (Wildman–Crippen MR) is 132 cm³/mol. The van der Waals surface area contributed by atoms with E-state index >= 15 is 0 Å². The first-order valence-electron chi connectivity index (χ1n) is 11.0. The molecule has 1 amide bonds. The van der Waals surface area contributed by atoms with Crippen molar-refractivity contribution in [2.75, 3.05) is 13.7 Å². The molecular formula is C23H37IN4O2. The number of rotatable bonds is 8. The zero-order valence-electron chi connectivity index (χ0n) is 18.4. The quantitative estimate of drug-likeness (QED) is 0.272. The van der Waals surface area contributed by atoms with Crippen LogP contribution in [-0.4, -0.2) is 37.6 Å². The Kier molecular flexibility index (Phi) is 10.2. The van der Waals surface area contributed by atoms with Crippen LogP contribution in [0, 0.1) is 11.8 Å². The molecule has 7 heteroatoms. The van der Waals surface area contributed by atoms with E-state index in [4.69, 9.17) is 4.74 Å². The number of nitrogens with one attached hydrogen (secondary N) is 3. The van der Waals surface area contributed by atoms with Gasteiger partial charge in [0.25, 0.3) is 0 Å². The fourth-order valence-electron chi connectivity index (χ4n) is 3.81. The van der Waals surface area contributed by atoms with Gasteiger partial charge in [-0.2, -0.15) is 0 Å². The van der Waals surface area contributed by atoms with E-state index in [0.29, 0.717) is 6.54 Å². The first-order chi connectivity index (χ1) is 14.0. The molecule has 0 aromatic heterocycles. The minimum Gasteiger partial charge on any atom is -0.493 e. The summed E-state index contributed by atoms with van der Waals surface area (Å²) in [5, 5.41) is 9.97. The maximum Gasteiger partial charge on any atom is 0.223 e. The highest BCUT2D eigenvalue weighted by molar-refractivity contribution is 14.0. The van der Waals surface area contributed by atoms with Gasteiger partial charge in [0.1, 0.15) is 5.75 Å². The van der Waals surface area contributed by atoms with Crippen LogP contribution in [0.25, 0.3) is 0 Å². The molecule has 2 atom stereocenters. The Morgan fingerprint density at radius 2 is 1.97 bits per heavy atom. The molecule has 0 spiro atoms. The second-order valence-electron chi connectivity index (χ2n) is 8.66. The zero-order chi connectivity index (χ0) is 20.6. The molecule has 2 aliphatic rings. The van der Waals surface area contributed by atoms with Crippen molar-refractivity contribution >= 4 is 35.8 Å². The molecule has 2 fully saturated rings. The predicted octanol–water partition coefficient (Wildman–Crippen LogP) is 3.84. The molecule has 0 bridgehead atoms. The van der Waals surface area contributed by atoms with Crippen LogP contribution >= 0.6 is 24.0 Å². The van der Waals surface area contributed by atoms with E-state index in [2.05, 4.69) is 27.0 Å². The van der Waals surface area contributed by atoms with Gasteiger partial charge in [0.15, 0.2) is 5.96 Å². The zero-order valence-corrected chi connectivity index (χ0v) is 20.8. The van der Waals surface area contributed by atoms with Crippen LogP contribution in [0.3, 0.4) is 0 Å². The number of nitrogens with zero attached hydrogens (tertiary/aromatic N) is 1. The molecule has 30 heavy (non-hydrogen) atoms. The second-order valence-corrected chi connectivity index (χ2v) is 8.66. The lowest BCUT2D eigenvalue weighted by Gasteiger charge is -2.30. The number of carbonyl (C=O) groups is 1. The van der Waals surface area contributed by atoms with Crippen molar-refractivity contribution in [3.63, 3.8) is 0 Å². The molecular weight excluding hydrogens is 491 g/mol. The molecule has 3 rings (SSSR count). The molecule has 6 nitrogen and oxygen atoms in total. The van der Waals surface area contributed by atoms with Crippen molar-refractivity contribution in [1.82, 2.24) is 16.0 Å². The Bertz CT molecular complexity index is 706. The number of hydrogen-bond donors (Lipinski definition) is 3. The van der Waals surface area contributed by atoms with Crippen LogP contribution in [0.5, 0.6) is 5.75 Å². The van der Waals surface area contributed by atoms with Crippen molar-refractivity contribution < 1.29 is 9.53 Å². The summed E-state index contributed by atoms with van der Waals surface area (Å²) < 4.78 is 6.00. The average molecular weight is 528 g/mol. The molecule has 0 heterocycles. The van der Waals surface area contributed by atoms with Crippen molar-refractivity contribution in [3.05, 3.63) is 29.8 Å². The summed E-state index contributed by atoms with van der Waals surface area (Å²) in [4.78, 5) is 16.8. The van der Waals surface area contributed by atoms with Gasteiger partial charge < -0.3 is 20.7 Å². The van der Waals surface area contributed by atoms with E-state index in [1.807, 2.05) is 32.0 Å². The van der Waals surface area contributed by atoms with Gasteiger partial charge in [-0.3, -0.25) is 9.79 Å². The number of carbonyl (C=O) groups excluding carboxylic acids is 1. The number of aliphatic imine (C=N–C) groups is 1. The lowest BCUT2D eigenvalue weighted by molar-refractivity contribution is -0.126. The van der Waals surface area contributed by atoms with Crippen LogP contribution in [0.1, 0.15) is 57.9 Å². The van der Waals surface area contributed by atoms with Gasteiger partial charge in [0, 0.05) is 37.2 Å². The van der Waals surface area contributed by atoms with Crippen LogP contribution < -0.4 is 20.7 Å². The summed E-state index contributed by atoms with van der Waals surface area (Å²) >= 11 is 0. The number of benzene rings is 1. The number of para-hydroxylation sites is 1. The Balaban J connectivity index is 0.00000320. The molecule has 2 aliphatic carbocycles. The fraction of sp³-hybridized carbons (Fsp3) is 0.652. The van der Waals surface area contributed by atoms with Crippen LogP contribution in [0.15, 0.2) is 29.3 Å². The minimum absolute atomic E-state index is 0. The van der Waals surface area contributed by atoms with E-state index in [0.717, 1.165) is 55.5 Å². The summed E-state index contributed by atoms with van der Waals surface area (Å²) in [6.07, 6.45) is 6.51. The summed E-state index contributed by atoms with van der Waals surface area (Å²) in [6.45, 7) is 5.49. The monoisotopic (exact) mass is 528 g/mol. The van der Waals surface area contributed by atoms with Gasteiger partial charge in [-0.05, 0) is 57.9 Å². The molecule has 168 valence electrons. The van der Waals surface area contributed by atoms with E-state index in [-0.39, 0.29) is 47.9 Å². The van der Waals surface area contributed by atoms with Gasteiger partial charge in [-0.1, -0.05) is 24.6 Å². The number of amides is 1. The average Bonchev–Trinajstić information content (AvgIpc) is 3.54. The summed E-state index contributed by atoms with van der Waals surface area (Å²) in [5.41, 5.74) is 1.13. The molecule has 0 aliphatic heterocycles. The minimum atomic E-state index is 0. The van der Waals surface area contributed by atoms with E-state index in [1.54, 1.807) is 7.05 Å². The lowest BCUT2D eigenvalue weighted by Crippen LogP contribution is -2.47. The van der Waals surface area contributed by atoms with Gasteiger partial charge >= 0.3 is 0 Å².